The number of nitrogens with one attached hydrogen (secondary N) is 1. The lowest BCUT2D eigenvalue weighted by Crippen LogP contribution is -2.40. The fourth-order valence-corrected chi connectivity index (χ4v) is 2.73. The van der Waals surface area contributed by atoms with E-state index < -0.39 is 11.7 Å². The molecule has 3 heteroatoms. The van der Waals surface area contributed by atoms with Gasteiger partial charge in [0, 0.05) is 11.6 Å². The van der Waals surface area contributed by atoms with Crippen molar-refractivity contribution >= 4 is 11.7 Å². The third kappa shape index (κ3) is 3.66. The van der Waals surface area contributed by atoms with Crippen LogP contribution in [0.2, 0.25) is 0 Å². The molecule has 19 heavy (non-hydrogen) atoms. The number of hydrogen-bond acceptors (Lipinski definition) is 2. The van der Waals surface area contributed by atoms with E-state index in [2.05, 4.69) is 5.32 Å². The second-order valence-electron chi connectivity index (χ2n) is 5.51. The van der Waals surface area contributed by atoms with Crippen LogP contribution < -0.4 is 5.32 Å². The van der Waals surface area contributed by atoms with E-state index in [0.29, 0.717) is 5.56 Å². The zero-order valence-corrected chi connectivity index (χ0v) is 11.7. The molecule has 0 bridgehead atoms. The maximum atomic E-state index is 12.1. The molecule has 1 N–H and O–H groups in total. The summed E-state index contributed by atoms with van der Waals surface area (Å²) in [6.07, 6.45) is 5.50. The van der Waals surface area contributed by atoms with Crippen molar-refractivity contribution < 1.29 is 9.59 Å². The molecule has 0 unspecified atom stereocenters. The smallest absolute Gasteiger partial charge is 0.292 e. The minimum Gasteiger partial charge on any atom is -0.346 e. The van der Waals surface area contributed by atoms with Gasteiger partial charge in [0.25, 0.3) is 5.91 Å². The van der Waals surface area contributed by atoms with Crippen molar-refractivity contribution in [3.05, 3.63) is 34.9 Å². The molecule has 3 nitrogen and oxygen atoms in total. The second kappa shape index (κ2) is 6.00. The van der Waals surface area contributed by atoms with Gasteiger partial charge in [-0.1, -0.05) is 36.5 Å². The Morgan fingerprint density at radius 1 is 1.00 bits per heavy atom. The lowest BCUT2D eigenvalue weighted by Gasteiger charge is -2.22. The van der Waals surface area contributed by atoms with Crippen LogP contribution >= 0.6 is 0 Å². The molecule has 1 aromatic rings. The van der Waals surface area contributed by atoms with Crippen LogP contribution in [0.25, 0.3) is 0 Å². The summed E-state index contributed by atoms with van der Waals surface area (Å²) in [6, 6.07) is 5.72. The second-order valence-corrected chi connectivity index (χ2v) is 5.51. The Labute approximate surface area is 114 Å². The fourth-order valence-electron chi connectivity index (χ4n) is 2.73. The van der Waals surface area contributed by atoms with Crippen LogP contribution in [0.15, 0.2) is 18.2 Å². The molecule has 1 aromatic carbocycles. The highest BCUT2D eigenvalue weighted by Crippen LogP contribution is 2.17. The predicted molar refractivity (Wildman–Crippen MR) is 75.3 cm³/mol. The molecule has 0 aromatic heterocycles. The van der Waals surface area contributed by atoms with E-state index in [0.717, 1.165) is 36.8 Å². The van der Waals surface area contributed by atoms with Gasteiger partial charge in [-0.2, -0.15) is 0 Å². The summed E-state index contributed by atoms with van der Waals surface area (Å²) < 4.78 is 0. The minimum absolute atomic E-state index is 0.177. The summed E-state index contributed by atoms with van der Waals surface area (Å²) in [6.45, 7) is 3.87. The van der Waals surface area contributed by atoms with Crippen molar-refractivity contribution in [1.29, 1.82) is 0 Å². The molecule has 1 aliphatic carbocycles. The molecule has 0 atom stereocenters. The molecule has 1 saturated carbocycles. The van der Waals surface area contributed by atoms with E-state index in [-0.39, 0.29) is 6.04 Å². The summed E-state index contributed by atoms with van der Waals surface area (Å²) in [7, 11) is 0. The van der Waals surface area contributed by atoms with Crippen LogP contribution in [0.3, 0.4) is 0 Å². The quantitative estimate of drug-likeness (QED) is 0.670. The molecular formula is C16H21NO2. The van der Waals surface area contributed by atoms with Crippen molar-refractivity contribution in [2.75, 3.05) is 0 Å². The molecule has 102 valence electrons. The van der Waals surface area contributed by atoms with Gasteiger partial charge < -0.3 is 5.32 Å². The average molecular weight is 259 g/mol. The molecule has 0 spiro atoms. The number of rotatable bonds is 3. The van der Waals surface area contributed by atoms with Crippen molar-refractivity contribution in [1.82, 2.24) is 5.32 Å². The van der Waals surface area contributed by atoms with Gasteiger partial charge in [-0.25, -0.2) is 0 Å². The first-order valence-electron chi connectivity index (χ1n) is 7.00. The van der Waals surface area contributed by atoms with E-state index in [1.54, 1.807) is 12.1 Å². The molecule has 1 fully saturated rings. The van der Waals surface area contributed by atoms with Gasteiger partial charge >= 0.3 is 0 Å². The Morgan fingerprint density at radius 3 is 2.16 bits per heavy atom. The number of carbonyl (C=O) groups is 2. The number of ketones is 1. The number of carbonyl (C=O) groups excluding carboxylic acids is 2. The summed E-state index contributed by atoms with van der Waals surface area (Å²) >= 11 is 0. The highest BCUT2D eigenvalue weighted by Gasteiger charge is 2.21. The predicted octanol–water partition coefficient (Wildman–Crippen LogP) is 2.94. The number of amides is 1. The third-order valence-electron chi connectivity index (χ3n) is 3.63. The Morgan fingerprint density at radius 2 is 1.58 bits per heavy atom. The van der Waals surface area contributed by atoms with E-state index in [1.807, 2.05) is 19.9 Å². The van der Waals surface area contributed by atoms with Crippen LogP contribution in [0.4, 0.5) is 0 Å². The normalized spacial score (nSPS) is 16.1. The first-order chi connectivity index (χ1) is 9.06. The standard InChI is InChI=1S/C16H21NO2/c1-11-8-12(2)10-13(9-11)15(18)16(19)17-14-6-4-3-5-7-14/h8-10,14H,3-7H2,1-2H3,(H,17,19). The lowest BCUT2D eigenvalue weighted by atomic mass is 9.95. The van der Waals surface area contributed by atoms with Gasteiger partial charge in [-0.05, 0) is 38.8 Å². The van der Waals surface area contributed by atoms with Crippen molar-refractivity contribution in [3.8, 4) is 0 Å². The topological polar surface area (TPSA) is 46.2 Å². The number of benzene rings is 1. The van der Waals surface area contributed by atoms with Gasteiger partial charge in [0.15, 0.2) is 0 Å². The zero-order chi connectivity index (χ0) is 13.8. The summed E-state index contributed by atoms with van der Waals surface area (Å²) in [5.41, 5.74) is 2.51. The SMILES string of the molecule is Cc1cc(C)cc(C(=O)C(=O)NC2CCCCC2)c1. The van der Waals surface area contributed by atoms with Crippen molar-refractivity contribution in [2.45, 2.75) is 52.0 Å². The average Bonchev–Trinajstić information content (AvgIpc) is 2.37. The molecular weight excluding hydrogens is 238 g/mol. The van der Waals surface area contributed by atoms with Crippen molar-refractivity contribution in [3.63, 3.8) is 0 Å². The van der Waals surface area contributed by atoms with Crippen LogP contribution in [-0.4, -0.2) is 17.7 Å². The van der Waals surface area contributed by atoms with Gasteiger partial charge in [0.05, 0.1) is 0 Å². The summed E-state index contributed by atoms with van der Waals surface area (Å²) in [5, 5.41) is 2.87. The van der Waals surface area contributed by atoms with E-state index in [4.69, 9.17) is 0 Å². The Bertz CT molecular complexity index is 467. The third-order valence-corrected chi connectivity index (χ3v) is 3.63. The van der Waals surface area contributed by atoms with E-state index >= 15 is 0 Å². The number of Topliss-reactive ketones (excluding diaryl/α,β-unsaturated/α-hetero) is 1. The molecule has 0 saturated heterocycles. The maximum Gasteiger partial charge on any atom is 0.292 e. The molecule has 0 aliphatic heterocycles. The number of hydrogen-bond donors (Lipinski definition) is 1. The minimum atomic E-state index is -0.461. The van der Waals surface area contributed by atoms with Crippen molar-refractivity contribution in [2.24, 2.45) is 0 Å². The van der Waals surface area contributed by atoms with Crippen LogP contribution in [0, 0.1) is 13.8 Å². The van der Waals surface area contributed by atoms with E-state index in [9.17, 15) is 9.59 Å². The summed E-state index contributed by atoms with van der Waals surface area (Å²) in [5.74, 6) is -0.880. The first kappa shape index (κ1) is 13.8. The molecule has 1 aliphatic rings. The van der Waals surface area contributed by atoms with Gasteiger partial charge in [-0.15, -0.1) is 0 Å². The Kier molecular flexibility index (Phi) is 4.35. The van der Waals surface area contributed by atoms with Gasteiger partial charge in [0.1, 0.15) is 0 Å². The van der Waals surface area contributed by atoms with Crippen LogP contribution in [0.5, 0.6) is 0 Å². The largest absolute Gasteiger partial charge is 0.346 e. The van der Waals surface area contributed by atoms with Crippen LogP contribution in [0.1, 0.15) is 53.6 Å². The molecule has 2 rings (SSSR count). The lowest BCUT2D eigenvalue weighted by molar-refractivity contribution is -0.117. The van der Waals surface area contributed by atoms with Gasteiger partial charge in [0.2, 0.25) is 5.78 Å². The fraction of sp³-hybridized carbons (Fsp3) is 0.500. The zero-order valence-electron chi connectivity index (χ0n) is 11.7. The summed E-state index contributed by atoms with van der Waals surface area (Å²) in [4.78, 5) is 24.1. The molecule has 0 radical (unpaired) electrons. The molecule has 0 heterocycles. The van der Waals surface area contributed by atoms with Gasteiger partial charge in [-0.3, -0.25) is 9.59 Å². The maximum absolute atomic E-state index is 12.1. The van der Waals surface area contributed by atoms with Crippen LogP contribution in [-0.2, 0) is 4.79 Å². The monoisotopic (exact) mass is 259 g/mol. The highest BCUT2D eigenvalue weighted by molar-refractivity contribution is 6.42. The Hall–Kier alpha value is -1.64. The van der Waals surface area contributed by atoms with E-state index in [1.165, 1.54) is 6.42 Å². The molecule has 1 amide bonds. The number of aryl methyl sites for hydroxylation is 2. The first-order valence-corrected chi connectivity index (χ1v) is 7.00. The highest BCUT2D eigenvalue weighted by atomic mass is 16.2. The Balaban J connectivity index is 2.03.